The van der Waals surface area contributed by atoms with E-state index >= 15 is 0 Å². The first-order chi connectivity index (χ1) is 17.9. The zero-order valence-electron chi connectivity index (χ0n) is 23.4. The minimum atomic E-state index is -3.35. The Labute approximate surface area is 234 Å². The van der Waals surface area contributed by atoms with Crippen LogP contribution in [-0.2, 0) is 28.9 Å². The van der Waals surface area contributed by atoms with Crippen LogP contribution in [0.15, 0.2) is 36.0 Å². The number of amides is 1. The molecule has 4 N–H and O–H groups in total. The van der Waals surface area contributed by atoms with Gasteiger partial charge in [-0.3, -0.25) is 4.79 Å². The largest absolute Gasteiger partial charge is 0.461 e. The van der Waals surface area contributed by atoms with Gasteiger partial charge in [-0.2, -0.15) is 12.6 Å². The standard InChI is InChI=1S/C27H47N3O6S2/c1-6-20(4)24(29-16-22(28)18-37)17-35-25(15-21-11-9-7-8-10-12-21)26(31)30-23(13-14-38(5,33)34)27(32)36-19(2)3/h7,9-12,19-20,22-25,29,37H,6,8,13-18,28H2,1-5H3,(H,30,31). The second kappa shape index (κ2) is 17.8. The Hall–Kier alpha value is -1.66. The van der Waals surface area contributed by atoms with E-state index < -0.39 is 40.0 Å². The Morgan fingerprint density at radius 1 is 1.21 bits per heavy atom. The normalized spacial score (nSPS) is 17.7. The molecule has 5 unspecified atom stereocenters. The molecular weight excluding hydrogens is 526 g/mol. The van der Waals surface area contributed by atoms with E-state index in [9.17, 15) is 18.0 Å². The molecule has 5 atom stereocenters. The smallest absolute Gasteiger partial charge is 0.328 e. The van der Waals surface area contributed by atoms with Crippen molar-refractivity contribution in [1.29, 1.82) is 0 Å². The van der Waals surface area contributed by atoms with Gasteiger partial charge in [0.2, 0.25) is 5.91 Å². The summed E-state index contributed by atoms with van der Waals surface area (Å²) in [5.41, 5.74) is 6.93. The number of nitrogens with one attached hydrogen (secondary N) is 2. The Balaban J connectivity index is 3.12. The summed E-state index contributed by atoms with van der Waals surface area (Å²) >= 11 is 4.25. The van der Waals surface area contributed by atoms with Crippen molar-refractivity contribution in [2.24, 2.45) is 11.7 Å². The van der Waals surface area contributed by atoms with Crippen LogP contribution in [-0.4, -0.2) is 81.5 Å². The number of esters is 1. The maximum absolute atomic E-state index is 13.5. The van der Waals surface area contributed by atoms with Crippen molar-refractivity contribution in [3.05, 3.63) is 36.0 Å². The van der Waals surface area contributed by atoms with E-state index in [1.54, 1.807) is 13.8 Å². The van der Waals surface area contributed by atoms with E-state index in [-0.39, 0.29) is 43.2 Å². The van der Waals surface area contributed by atoms with Crippen LogP contribution < -0.4 is 16.4 Å². The number of carbonyl (C=O) groups excluding carboxylic acids is 2. The number of hydrogen-bond acceptors (Lipinski definition) is 9. The molecule has 1 aliphatic rings. The fraction of sp³-hybridized carbons (Fsp3) is 0.704. The molecule has 0 fully saturated rings. The van der Waals surface area contributed by atoms with E-state index in [2.05, 4.69) is 37.1 Å². The molecule has 218 valence electrons. The summed E-state index contributed by atoms with van der Waals surface area (Å²) < 4.78 is 35.0. The number of ether oxygens (including phenoxy) is 2. The maximum Gasteiger partial charge on any atom is 0.328 e. The van der Waals surface area contributed by atoms with Crippen molar-refractivity contribution in [2.75, 3.05) is 30.9 Å². The van der Waals surface area contributed by atoms with Crippen LogP contribution in [0.1, 0.15) is 53.4 Å². The average molecular weight is 574 g/mol. The van der Waals surface area contributed by atoms with Gasteiger partial charge in [0.1, 0.15) is 22.0 Å². The molecule has 1 aliphatic carbocycles. The Bertz CT molecular complexity index is 933. The summed E-state index contributed by atoms with van der Waals surface area (Å²) in [7, 11) is -3.35. The number of sulfone groups is 1. The number of nitrogens with two attached hydrogens (primary N) is 1. The fourth-order valence-electron chi connectivity index (χ4n) is 3.66. The second-order valence-corrected chi connectivity index (χ2v) is 12.8. The molecule has 0 bridgehead atoms. The van der Waals surface area contributed by atoms with E-state index in [1.165, 1.54) is 0 Å². The third-order valence-electron chi connectivity index (χ3n) is 6.18. The molecule has 38 heavy (non-hydrogen) atoms. The number of rotatable bonds is 18. The Morgan fingerprint density at radius 3 is 2.53 bits per heavy atom. The summed E-state index contributed by atoms with van der Waals surface area (Å²) in [6.45, 7) is 8.39. The first-order valence-electron chi connectivity index (χ1n) is 13.3. The van der Waals surface area contributed by atoms with Gasteiger partial charge in [-0.05, 0) is 38.2 Å². The number of hydrogen-bond donors (Lipinski definition) is 4. The molecule has 1 amide bonds. The van der Waals surface area contributed by atoms with Gasteiger partial charge < -0.3 is 25.8 Å². The van der Waals surface area contributed by atoms with Crippen LogP contribution in [0, 0.1) is 5.92 Å². The highest BCUT2D eigenvalue weighted by molar-refractivity contribution is 7.90. The van der Waals surface area contributed by atoms with Gasteiger partial charge in [0.25, 0.3) is 0 Å². The van der Waals surface area contributed by atoms with Gasteiger partial charge in [-0.1, -0.05) is 50.6 Å². The first-order valence-corrected chi connectivity index (χ1v) is 16.0. The molecule has 0 aromatic heterocycles. The maximum atomic E-state index is 13.5. The van der Waals surface area contributed by atoms with Gasteiger partial charge in [0.15, 0.2) is 0 Å². The van der Waals surface area contributed by atoms with Crippen LogP contribution in [0.4, 0.5) is 0 Å². The third kappa shape index (κ3) is 14.5. The lowest BCUT2D eigenvalue weighted by atomic mass is 9.99. The van der Waals surface area contributed by atoms with Crippen molar-refractivity contribution in [1.82, 2.24) is 10.6 Å². The number of carbonyl (C=O) groups is 2. The second-order valence-electron chi connectivity index (χ2n) is 10.1. The van der Waals surface area contributed by atoms with Gasteiger partial charge in [0.05, 0.1) is 18.5 Å². The van der Waals surface area contributed by atoms with Crippen LogP contribution in [0.25, 0.3) is 0 Å². The fourth-order valence-corrected chi connectivity index (χ4v) is 4.45. The monoisotopic (exact) mass is 573 g/mol. The zero-order chi connectivity index (χ0) is 28.7. The summed E-state index contributed by atoms with van der Waals surface area (Å²) in [5, 5.41) is 6.14. The number of thiol groups is 1. The highest BCUT2D eigenvalue weighted by Gasteiger charge is 2.30. The lowest BCUT2D eigenvalue weighted by molar-refractivity contribution is -0.153. The molecule has 0 saturated carbocycles. The predicted octanol–water partition coefficient (Wildman–Crippen LogP) is 2.34. The Kier molecular flexibility index (Phi) is 16.1. The van der Waals surface area contributed by atoms with Crippen LogP contribution in [0.2, 0.25) is 0 Å². The average Bonchev–Trinajstić information content (AvgIpc) is 3.12. The molecule has 0 spiro atoms. The third-order valence-corrected chi connectivity index (χ3v) is 7.63. The zero-order valence-corrected chi connectivity index (χ0v) is 25.1. The minimum absolute atomic E-state index is 0.0493. The quantitative estimate of drug-likeness (QED) is 0.145. The molecule has 0 saturated heterocycles. The summed E-state index contributed by atoms with van der Waals surface area (Å²) in [5.74, 6) is -0.634. The molecular formula is C27H47N3O6S2. The van der Waals surface area contributed by atoms with Crippen LogP contribution in [0.3, 0.4) is 0 Å². The van der Waals surface area contributed by atoms with E-state index in [0.29, 0.717) is 12.3 Å². The van der Waals surface area contributed by atoms with Crippen molar-refractivity contribution in [2.45, 2.75) is 83.7 Å². The van der Waals surface area contributed by atoms with Crippen molar-refractivity contribution in [3.8, 4) is 0 Å². The van der Waals surface area contributed by atoms with Gasteiger partial charge >= 0.3 is 5.97 Å². The highest BCUT2D eigenvalue weighted by atomic mass is 32.2. The molecule has 0 aliphatic heterocycles. The lowest BCUT2D eigenvalue weighted by Gasteiger charge is -2.28. The van der Waals surface area contributed by atoms with E-state index in [4.69, 9.17) is 15.2 Å². The lowest BCUT2D eigenvalue weighted by Crippen LogP contribution is -2.50. The molecule has 0 aromatic carbocycles. The van der Waals surface area contributed by atoms with Crippen molar-refractivity contribution in [3.63, 3.8) is 0 Å². The molecule has 0 aromatic rings. The highest BCUT2D eigenvalue weighted by Crippen LogP contribution is 2.17. The van der Waals surface area contributed by atoms with Gasteiger partial charge in [-0.25, -0.2) is 13.2 Å². The topological polar surface area (TPSA) is 137 Å². The summed E-state index contributed by atoms with van der Waals surface area (Å²) in [6, 6.07) is -1.27. The summed E-state index contributed by atoms with van der Waals surface area (Å²) in [4.78, 5) is 26.2. The predicted molar refractivity (Wildman–Crippen MR) is 156 cm³/mol. The molecule has 1 rings (SSSR count). The van der Waals surface area contributed by atoms with Crippen molar-refractivity contribution < 1.29 is 27.5 Å². The van der Waals surface area contributed by atoms with Gasteiger partial charge in [0, 0.05) is 37.1 Å². The van der Waals surface area contributed by atoms with E-state index in [0.717, 1.165) is 24.7 Å². The van der Waals surface area contributed by atoms with Crippen LogP contribution in [0.5, 0.6) is 0 Å². The molecule has 11 heteroatoms. The number of allylic oxidation sites excluding steroid dienone is 5. The first kappa shape index (κ1) is 34.4. The van der Waals surface area contributed by atoms with Crippen molar-refractivity contribution >= 4 is 34.3 Å². The minimum Gasteiger partial charge on any atom is -0.461 e. The Morgan fingerprint density at radius 2 is 1.92 bits per heavy atom. The molecule has 9 nitrogen and oxygen atoms in total. The molecule has 0 radical (unpaired) electrons. The van der Waals surface area contributed by atoms with Gasteiger partial charge in [-0.15, -0.1) is 0 Å². The summed E-state index contributed by atoms with van der Waals surface area (Å²) in [6.07, 6.45) is 11.5. The van der Waals surface area contributed by atoms with E-state index in [1.807, 2.05) is 30.4 Å². The van der Waals surface area contributed by atoms with Crippen LogP contribution >= 0.6 is 12.6 Å². The SMILES string of the molecule is CCC(C)C(COC(CC1=CC=CCC=C1)C(=O)NC(CCS(C)(=O)=O)C(=O)OC(C)C)NCC(N)CS. The molecule has 0 heterocycles.